The Hall–Kier alpha value is -1.98. The van der Waals surface area contributed by atoms with Crippen LogP contribution < -0.4 is 0 Å². The number of carboxylic acid groups (broad SMARTS) is 1. The molecule has 96 valence electrons. The lowest BCUT2D eigenvalue weighted by atomic mass is 10.0. The summed E-state index contributed by atoms with van der Waals surface area (Å²) in [5.41, 5.74) is -0.314. The first-order chi connectivity index (χ1) is 8.61. The van der Waals surface area contributed by atoms with E-state index in [2.05, 4.69) is 4.98 Å². The van der Waals surface area contributed by atoms with Crippen LogP contribution in [0, 0.1) is 5.82 Å². The van der Waals surface area contributed by atoms with Crippen molar-refractivity contribution in [1.82, 2.24) is 9.88 Å². The Labute approximate surface area is 103 Å². The van der Waals surface area contributed by atoms with Crippen LogP contribution in [0.3, 0.4) is 0 Å². The minimum Gasteiger partial charge on any atom is -0.480 e. The number of hydrogen-bond acceptors (Lipinski definition) is 3. The molecular weight excluding hydrogens is 239 g/mol. The molecule has 1 N–H and O–H groups in total. The predicted octanol–water partition coefficient (Wildman–Crippen LogP) is 1.30. The number of piperidine rings is 1. The van der Waals surface area contributed by atoms with Gasteiger partial charge < -0.3 is 10.0 Å². The molecule has 0 spiro atoms. The Morgan fingerprint density at radius 3 is 2.89 bits per heavy atom. The minimum absolute atomic E-state index is 0.314. The molecule has 1 aliphatic heterocycles. The Morgan fingerprint density at radius 1 is 1.44 bits per heavy atom. The molecule has 6 heteroatoms. The molecule has 0 saturated carbocycles. The molecule has 5 nitrogen and oxygen atoms in total. The van der Waals surface area contributed by atoms with Gasteiger partial charge in [0.05, 0.1) is 0 Å². The molecule has 18 heavy (non-hydrogen) atoms. The van der Waals surface area contributed by atoms with E-state index in [9.17, 15) is 14.0 Å². The maximum absolute atomic E-state index is 13.5. The van der Waals surface area contributed by atoms with Crippen molar-refractivity contribution in [3.8, 4) is 0 Å². The van der Waals surface area contributed by atoms with Gasteiger partial charge in [-0.1, -0.05) is 0 Å². The molecule has 1 fully saturated rings. The second kappa shape index (κ2) is 5.12. The first kappa shape index (κ1) is 12.5. The monoisotopic (exact) mass is 252 g/mol. The normalized spacial score (nSPS) is 19.6. The molecular formula is C12H13FN2O3. The summed E-state index contributed by atoms with van der Waals surface area (Å²) in [4.78, 5) is 28.1. The number of likely N-dealkylation sites (tertiary alicyclic amines) is 1. The van der Waals surface area contributed by atoms with Gasteiger partial charge in [0.15, 0.2) is 11.5 Å². The Kier molecular flexibility index (Phi) is 3.55. The van der Waals surface area contributed by atoms with Crippen LogP contribution in [0.5, 0.6) is 0 Å². The molecule has 1 atom stereocenters. The first-order valence-electron chi connectivity index (χ1n) is 5.75. The van der Waals surface area contributed by atoms with Crippen LogP contribution in [-0.2, 0) is 4.79 Å². The second-order valence-electron chi connectivity index (χ2n) is 4.18. The summed E-state index contributed by atoms with van der Waals surface area (Å²) in [6.07, 6.45) is 3.20. The fourth-order valence-electron chi connectivity index (χ4n) is 2.11. The van der Waals surface area contributed by atoms with Crippen molar-refractivity contribution in [3.05, 3.63) is 29.8 Å². The topological polar surface area (TPSA) is 70.5 Å². The number of carbonyl (C=O) groups excluding carboxylic acids is 1. The summed E-state index contributed by atoms with van der Waals surface area (Å²) < 4.78 is 13.5. The molecule has 0 radical (unpaired) electrons. The standard InChI is InChI=1S/C12H13FN2O3/c13-8-4-3-6-14-10(8)11(16)15-7-2-1-5-9(15)12(17)18/h3-4,6,9H,1-2,5,7H2,(H,17,18). The Bertz CT molecular complexity index is 478. The number of aliphatic carboxylic acids is 1. The highest BCUT2D eigenvalue weighted by atomic mass is 19.1. The molecule has 0 bridgehead atoms. The minimum atomic E-state index is -1.06. The van der Waals surface area contributed by atoms with Crippen LogP contribution in [0.25, 0.3) is 0 Å². The van der Waals surface area contributed by atoms with Crippen LogP contribution in [0.4, 0.5) is 4.39 Å². The third-order valence-corrected chi connectivity index (χ3v) is 3.01. The maximum atomic E-state index is 13.5. The van der Waals surface area contributed by atoms with Crippen molar-refractivity contribution in [1.29, 1.82) is 0 Å². The molecule has 1 aromatic heterocycles. The number of halogens is 1. The summed E-state index contributed by atoms with van der Waals surface area (Å²) in [6.45, 7) is 0.325. The number of nitrogens with zero attached hydrogens (tertiary/aromatic N) is 2. The molecule has 2 rings (SSSR count). The van der Waals surface area contributed by atoms with Crippen LogP contribution in [0.1, 0.15) is 29.8 Å². The van der Waals surface area contributed by atoms with Gasteiger partial charge in [-0.05, 0) is 31.4 Å². The molecule has 1 aromatic rings. The van der Waals surface area contributed by atoms with Gasteiger partial charge in [-0.2, -0.15) is 0 Å². The highest BCUT2D eigenvalue weighted by Crippen LogP contribution is 2.20. The number of carbonyl (C=O) groups is 2. The molecule has 1 amide bonds. The summed E-state index contributed by atoms with van der Waals surface area (Å²) in [5, 5.41) is 9.07. The van der Waals surface area contributed by atoms with Gasteiger partial charge in [-0.15, -0.1) is 0 Å². The second-order valence-corrected chi connectivity index (χ2v) is 4.18. The van der Waals surface area contributed by atoms with Crippen molar-refractivity contribution < 1.29 is 19.1 Å². The van der Waals surface area contributed by atoms with E-state index in [4.69, 9.17) is 5.11 Å². The molecule has 1 unspecified atom stereocenters. The van der Waals surface area contributed by atoms with Crippen molar-refractivity contribution in [2.45, 2.75) is 25.3 Å². The van der Waals surface area contributed by atoms with E-state index in [-0.39, 0.29) is 5.69 Å². The van der Waals surface area contributed by atoms with E-state index in [1.807, 2.05) is 0 Å². The van der Waals surface area contributed by atoms with Crippen LogP contribution >= 0.6 is 0 Å². The smallest absolute Gasteiger partial charge is 0.326 e. The lowest BCUT2D eigenvalue weighted by Gasteiger charge is -2.32. The van der Waals surface area contributed by atoms with Crippen molar-refractivity contribution in [3.63, 3.8) is 0 Å². The number of amides is 1. The fourth-order valence-corrected chi connectivity index (χ4v) is 2.11. The Balaban J connectivity index is 2.27. The van der Waals surface area contributed by atoms with Crippen LogP contribution in [0.15, 0.2) is 18.3 Å². The van der Waals surface area contributed by atoms with E-state index in [0.717, 1.165) is 18.9 Å². The molecule has 2 heterocycles. The van der Waals surface area contributed by atoms with E-state index < -0.39 is 23.7 Å². The van der Waals surface area contributed by atoms with Gasteiger partial charge in [0.2, 0.25) is 0 Å². The molecule has 0 aliphatic carbocycles. The van der Waals surface area contributed by atoms with Crippen molar-refractivity contribution >= 4 is 11.9 Å². The van der Waals surface area contributed by atoms with Gasteiger partial charge in [0, 0.05) is 12.7 Å². The van der Waals surface area contributed by atoms with Gasteiger partial charge in [0.1, 0.15) is 6.04 Å². The summed E-state index contributed by atoms with van der Waals surface area (Å²) in [6, 6.07) is 1.64. The predicted molar refractivity (Wildman–Crippen MR) is 60.5 cm³/mol. The third-order valence-electron chi connectivity index (χ3n) is 3.01. The van der Waals surface area contributed by atoms with Crippen LogP contribution in [0.2, 0.25) is 0 Å². The number of carboxylic acids is 1. The Morgan fingerprint density at radius 2 is 2.22 bits per heavy atom. The first-order valence-corrected chi connectivity index (χ1v) is 5.75. The highest BCUT2D eigenvalue weighted by Gasteiger charge is 2.33. The largest absolute Gasteiger partial charge is 0.480 e. The van der Waals surface area contributed by atoms with Gasteiger partial charge >= 0.3 is 5.97 Å². The van der Waals surface area contributed by atoms with Crippen molar-refractivity contribution in [2.75, 3.05) is 6.54 Å². The number of pyridine rings is 1. The van der Waals surface area contributed by atoms with Gasteiger partial charge in [-0.3, -0.25) is 4.79 Å². The molecule has 1 saturated heterocycles. The maximum Gasteiger partial charge on any atom is 0.326 e. The average Bonchev–Trinajstić information content (AvgIpc) is 2.38. The third kappa shape index (κ3) is 2.32. The zero-order chi connectivity index (χ0) is 13.1. The number of hydrogen-bond donors (Lipinski definition) is 1. The zero-order valence-electron chi connectivity index (χ0n) is 9.67. The number of aromatic nitrogens is 1. The lowest BCUT2D eigenvalue weighted by molar-refractivity contribution is -0.143. The highest BCUT2D eigenvalue weighted by molar-refractivity contribution is 5.95. The zero-order valence-corrected chi connectivity index (χ0v) is 9.67. The van der Waals surface area contributed by atoms with E-state index in [1.165, 1.54) is 17.2 Å². The summed E-state index contributed by atoms with van der Waals surface area (Å²) in [5.74, 6) is -2.43. The fraction of sp³-hybridized carbons (Fsp3) is 0.417. The van der Waals surface area contributed by atoms with E-state index in [0.29, 0.717) is 13.0 Å². The van der Waals surface area contributed by atoms with Gasteiger partial charge in [-0.25, -0.2) is 14.2 Å². The lowest BCUT2D eigenvalue weighted by Crippen LogP contribution is -2.48. The average molecular weight is 252 g/mol. The van der Waals surface area contributed by atoms with E-state index >= 15 is 0 Å². The molecule has 1 aliphatic rings. The number of rotatable bonds is 2. The van der Waals surface area contributed by atoms with Crippen LogP contribution in [-0.4, -0.2) is 39.5 Å². The summed E-state index contributed by atoms with van der Waals surface area (Å²) >= 11 is 0. The molecule has 0 aromatic carbocycles. The quantitative estimate of drug-likeness (QED) is 0.861. The van der Waals surface area contributed by atoms with E-state index in [1.54, 1.807) is 0 Å². The van der Waals surface area contributed by atoms with Crippen molar-refractivity contribution in [2.24, 2.45) is 0 Å². The SMILES string of the molecule is O=C(O)C1CCCCN1C(=O)c1ncccc1F. The van der Waals surface area contributed by atoms with Gasteiger partial charge in [0.25, 0.3) is 5.91 Å². The summed E-state index contributed by atoms with van der Waals surface area (Å²) in [7, 11) is 0.